The molecule has 0 rings (SSSR count). The SMILES string of the molecule is CCC(C)(C)OCC(C)OC(C)(C)CC. The van der Waals surface area contributed by atoms with Crippen molar-refractivity contribution >= 4 is 0 Å². The molecule has 0 radical (unpaired) electrons. The fourth-order valence-electron chi connectivity index (χ4n) is 1.11. The van der Waals surface area contributed by atoms with Crippen LogP contribution in [0, 0.1) is 0 Å². The van der Waals surface area contributed by atoms with Crippen molar-refractivity contribution in [2.45, 2.75) is 78.6 Å². The van der Waals surface area contributed by atoms with E-state index in [4.69, 9.17) is 9.47 Å². The molecule has 2 nitrogen and oxygen atoms in total. The minimum absolute atomic E-state index is 0.0338. The first-order valence-electron chi connectivity index (χ1n) is 6.04. The molecule has 92 valence electrons. The van der Waals surface area contributed by atoms with Crippen LogP contribution in [0.15, 0.2) is 0 Å². The van der Waals surface area contributed by atoms with E-state index in [9.17, 15) is 0 Å². The zero-order valence-electron chi connectivity index (χ0n) is 11.5. The monoisotopic (exact) mass is 216 g/mol. The number of hydrogen-bond acceptors (Lipinski definition) is 2. The summed E-state index contributed by atoms with van der Waals surface area (Å²) in [6, 6.07) is 0. The summed E-state index contributed by atoms with van der Waals surface area (Å²) >= 11 is 0. The highest BCUT2D eigenvalue weighted by atomic mass is 16.6. The van der Waals surface area contributed by atoms with Crippen LogP contribution in [-0.4, -0.2) is 23.9 Å². The van der Waals surface area contributed by atoms with Crippen LogP contribution >= 0.6 is 0 Å². The van der Waals surface area contributed by atoms with E-state index in [1.807, 2.05) is 0 Å². The van der Waals surface area contributed by atoms with Crippen LogP contribution in [0.2, 0.25) is 0 Å². The van der Waals surface area contributed by atoms with E-state index in [1.165, 1.54) is 0 Å². The van der Waals surface area contributed by atoms with Gasteiger partial charge in [-0.3, -0.25) is 0 Å². The van der Waals surface area contributed by atoms with Gasteiger partial charge in [-0.2, -0.15) is 0 Å². The van der Waals surface area contributed by atoms with Gasteiger partial charge in [0.15, 0.2) is 0 Å². The van der Waals surface area contributed by atoms with E-state index in [1.54, 1.807) is 0 Å². The van der Waals surface area contributed by atoms with Gasteiger partial charge in [0.1, 0.15) is 0 Å². The standard InChI is InChI=1S/C13H28O2/c1-8-12(4,5)14-10-11(3)15-13(6,7)9-2/h11H,8-10H2,1-7H3. The zero-order valence-corrected chi connectivity index (χ0v) is 11.5. The van der Waals surface area contributed by atoms with Gasteiger partial charge in [0.25, 0.3) is 0 Å². The molecule has 2 heteroatoms. The first kappa shape index (κ1) is 14.9. The second-order valence-electron chi connectivity index (χ2n) is 5.47. The molecule has 0 aliphatic carbocycles. The first-order valence-corrected chi connectivity index (χ1v) is 6.04. The summed E-state index contributed by atoms with van der Waals surface area (Å²) in [5.74, 6) is 0. The van der Waals surface area contributed by atoms with Gasteiger partial charge < -0.3 is 9.47 Å². The first-order chi connectivity index (χ1) is 6.72. The molecule has 0 saturated carbocycles. The van der Waals surface area contributed by atoms with Crippen molar-refractivity contribution in [3.8, 4) is 0 Å². The van der Waals surface area contributed by atoms with Crippen molar-refractivity contribution in [3.63, 3.8) is 0 Å². The van der Waals surface area contributed by atoms with Gasteiger partial charge in [-0.1, -0.05) is 13.8 Å². The lowest BCUT2D eigenvalue weighted by atomic mass is 10.1. The molecule has 0 amide bonds. The van der Waals surface area contributed by atoms with E-state index in [-0.39, 0.29) is 17.3 Å². The Hall–Kier alpha value is -0.0800. The van der Waals surface area contributed by atoms with Crippen molar-refractivity contribution in [1.82, 2.24) is 0 Å². The number of ether oxygens (including phenoxy) is 2. The molecule has 1 unspecified atom stereocenters. The number of hydrogen-bond donors (Lipinski definition) is 0. The van der Waals surface area contributed by atoms with Crippen molar-refractivity contribution in [2.75, 3.05) is 6.61 Å². The Kier molecular flexibility index (Phi) is 5.82. The molecule has 0 aliphatic rings. The van der Waals surface area contributed by atoms with Gasteiger partial charge in [0.2, 0.25) is 0 Å². The zero-order chi connectivity index (χ0) is 12.1. The van der Waals surface area contributed by atoms with Crippen molar-refractivity contribution < 1.29 is 9.47 Å². The topological polar surface area (TPSA) is 18.5 Å². The molecule has 1 atom stereocenters. The summed E-state index contributed by atoms with van der Waals surface area (Å²) in [5.41, 5.74) is -0.0763. The molecule has 0 saturated heterocycles. The molecular weight excluding hydrogens is 188 g/mol. The lowest BCUT2D eigenvalue weighted by molar-refractivity contribution is -0.124. The molecule has 0 aliphatic heterocycles. The third kappa shape index (κ3) is 6.91. The summed E-state index contributed by atoms with van der Waals surface area (Å²) in [7, 11) is 0. The highest BCUT2D eigenvalue weighted by molar-refractivity contribution is 4.70. The van der Waals surface area contributed by atoms with Crippen LogP contribution in [0.3, 0.4) is 0 Å². The molecular formula is C13H28O2. The predicted octanol–water partition coefficient (Wildman–Crippen LogP) is 3.79. The van der Waals surface area contributed by atoms with Gasteiger partial charge in [-0.15, -0.1) is 0 Å². The van der Waals surface area contributed by atoms with Crippen LogP contribution in [-0.2, 0) is 9.47 Å². The highest BCUT2D eigenvalue weighted by Gasteiger charge is 2.22. The maximum atomic E-state index is 5.90. The van der Waals surface area contributed by atoms with Crippen LogP contribution in [0.5, 0.6) is 0 Å². The predicted molar refractivity (Wildman–Crippen MR) is 65.2 cm³/mol. The summed E-state index contributed by atoms with van der Waals surface area (Å²) in [4.78, 5) is 0. The Morgan fingerprint density at radius 1 is 0.933 bits per heavy atom. The van der Waals surface area contributed by atoms with Crippen LogP contribution in [0.25, 0.3) is 0 Å². The summed E-state index contributed by atoms with van der Waals surface area (Å²) in [5, 5.41) is 0. The van der Waals surface area contributed by atoms with Crippen molar-refractivity contribution in [3.05, 3.63) is 0 Å². The van der Waals surface area contributed by atoms with Crippen molar-refractivity contribution in [2.24, 2.45) is 0 Å². The van der Waals surface area contributed by atoms with Crippen LogP contribution in [0.1, 0.15) is 61.3 Å². The molecule has 0 aromatic heterocycles. The Balaban J connectivity index is 3.90. The maximum Gasteiger partial charge on any atom is 0.0787 e. The quantitative estimate of drug-likeness (QED) is 0.644. The second kappa shape index (κ2) is 5.86. The second-order valence-corrected chi connectivity index (χ2v) is 5.47. The van der Waals surface area contributed by atoms with Crippen LogP contribution in [0.4, 0.5) is 0 Å². The highest BCUT2D eigenvalue weighted by Crippen LogP contribution is 2.19. The van der Waals surface area contributed by atoms with Gasteiger partial charge in [-0.05, 0) is 47.5 Å². The van der Waals surface area contributed by atoms with Gasteiger partial charge in [0, 0.05) is 0 Å². The third-order valence-corrected chi connectivity index (χ3v) is 2.93. The minimum atomic E-state index is -0.0425. The minimum Gasteiger partial charge on any atom is -0.373 e. The average Bonchev–Trinajstić information content (AvgIpc) is 2.15. The summed E-state index contributed by atoms with van der Waals surface area (Å²) < 4.78 is 11.7. The van der Waals surface area contributed by atoms with Gasteiger partial charge >= 0.3 is 0 Å². The Labute approximate surface area is 95.3 Å². The van der Waals surface area contributed by atoms with Gasteiger partial charge in [0.05, 0.1) is 23.9 Å². The molecule has 0 heterocycles. The lowest BCUT2D eigenvalue weighted by Crippen LogP contribution is -2.34. The molecule has 0 aromatic rings. The normalized spacial score (nSPS) is 15.4. The van der Waals surface area contributed by atoms with Crippen molar-refractivity contribution in [1.29, 1.82) is 0 Å². The smallest absolute Gasteiger partial charge is 0.0787 e. The Morgan fingerprint density at radius 3 is 1.80 bits per heavy atom. The van der Waals surface area contributed by atoms with E-state index in [0.29, 0.717) is 6.61 Å². The summed E-state index contributed by atoms with van der Waals surface area (Å²) in [6.07, 6.45) is 2.21. The van der Waals surface area contributed by atoms with E-state index in [0.717, 1.165) is 12.8 Å². The molecule has 0 aromatic carbocycles. The maximum absolute atomic E-state index is 5.90. The van der Waals surface area contributed by atoms with E-state index >= 15 is 0 Å². The molecule has 0 N–H and O–H groups in total. The average molecular weight is 216 g/mol. The lowest BCUT2D eigenvalue weighted by Gasteiger charge is -2.31. The fraction of sp³-hybridized carbons (Fsp3) is 1.00. The fourth-order valence-corrected chi connectivity index (χ4v) is 1.11. The number of rotatable bonds is 7. The Morgan fingerprint density at radius 2 is 1.40 bits per heavy atom. The van der Waals surface area contributed by atoms with Gasteiger partial charge in [-0.25, -0.2) is 0 Å². The largest absolute Gasteiger partial charge is 0.373 e. The molecule has 0 spiro atoms. The summed E-state index contributed by atoms with van der Waals surface area (Å²) in [6.45, 7) is 15.5. The van der Waals surface area contributed by atoms with Crippen LogP contribution < -0.4 is 0 Å². The molecule has 0 fully saturated rings. The van der Waals surface area contributed by atoms with E-state index < -0.39 is 0 Å². The third-order valence-electron chi connectivity index (χ3n) is 2.93. The Bertz CT molecular complexity index is 173. The molecule has 0 bridgehead atoms. The molecule has 15 heavy (non-hydrogen) atoms. The van der Waals surface area contributed by atoms with E-state index in [2.05, 4.69) is 48.5 Å².